The molecule has 2 aromatic carbocycles. The predicted octanol–water partition coefficient (Wildman–Crippen LogP) is 4.00. The maximum atomic E-state index is 14.0. The smallest absolute Gasteiger partial charge is 0.328 e. The van der Waals surface area contributed by atoms with Gasteiger partial charge in [0.1, 0.15) is 11.9 Å². The largest absolute Gasteiger partial charge is 0.464 e. The van der Waals surface area contributed by atoms with Gasteiger partial charge in [-0.2, -0.15) is 0 Å². The van der Waals surface area contributed by atoms with Gasteiger partial charge in [0.05, 0.1) is 6.61 Å². The Labute approximate surface area is 248 Å². The van der Waals surface area contributed by atoms with Crippen LogP contribution in [0, 0.1) is 23.4 Å². The minimum atomic E-state index is -1.30. The summed E-state index contributed by atoms with van der Waals surface area (Å²) in [4.78, 5) is 39.4. The fourth-order valence-electron chi connectivity index (χ4n) is 4.26. The highest BCUT2D eigenvalue weighted by atomic mass is 35.5. The van der Waals surface area contributed by atoms with E-state index in [0.29, 0.717) is 25.0 Å². The molecule has 0 saturated carbocycles. The van der Waals surface area contributed by atoms with E-state index in [0.717, 1.165) is 17.3 Å². The minimum absolute atomic E-state index is 0. The lowest BCUT2D eigenvalue weighted by Gasteiger charge is -2.24. The first-order chi connectivity index (χ1) is 19.0. The third kappa shape index (κ3) is 9.54. The van der Waals surface area contributed by atoms with Crippen molar-refractivity contribution in [3.05, 3.63) is 65.0 Å². The van der Waals surface area contributed by atoms with E-state index < -0.39 is 34.9 Å². The number of nitrogens with two attached hydrogens (primary N) is 1. The topological polar surface area (TPSA) is 114 Å². The highest BCUT2D eigenvalue weighted by Gasteiger charge is 2.35. The quantitative estimate of drug-likeness (QED) is 0.244. The fourth-order valence-corrected chi connectivity index (χ4v) is 5.43. The van der Waals surface area contributed by atoms with Gasteiger partial charge < -0.3 is 26.0 Å². The maximum Gasteiger partial charge on any atom is 0.328 e. The molecule has 1 aliphatic heterocycles. The van der Waals surface area contributed by atoms with Crippen molar-refractivity contribution in [3.8, 4) is 0 Å². The van der Waals surface area contributed by atoms with Crippen LogP contribution in [0.5, 0.6) is 0 Å². The molecule has 2 amide bonds. The molecule has 0 spiro atoms. The van der Waals surface area contributed by atoms with Gasteiger partial charge in [0.2, 0.25) is 5.91 Å². The molecule has 1 heterocycles. The van der Waals surface area contributed by atoms with Crippen LogP contribution in [-0.2, 0) is 32.1 Å². The van der Waals surface area contributed by atoms with Crippen molar-refractivity contribution in [1.82, 2.24) is 10.2 Å². The molecule has 0 unspecified atom stereocenters. The molecule has 3 atom stereocenters. The molecule has 1 aliphatic rings. The molecule has 1 saturated heterocycles. The third-order valence-electron chi connectivity index (χ3n) is 6.39. The number of nitrogens with one attached hydrogen (secondary N) is 2. The Bertz CT molecular complexity index is 1210. The van der Waals surface area contributed by atoms with Crippen LogP contribution in [0.1, 0.15) is 38.3 Å². The summed E-state index contributed by atoms with van der Waals surface area (Å²) < 4.78 is 45.7. The van der Waals surface area contributed by atoms with Crippen molar-refractivity contribution in [2.45, 2.75) is 57.6 Å². The van der Waals surface area contributed by atoms with E-state index in [2.05, 4.69) is 10.6 Å². The number of ether oxygens (including phenoxy) is 1. The predicted molar refractivity (Wildman–Crippen MR) is 155 cm³/mol. The van der Waals surface area contributed by atoms with Crippen molar-refractivity contribution in [1.29, 1.82) is 0 Å². The second-order valence-electron chi connectivity index (χ2n) is 9.87. The summed E-state index contributed by atoms with van der Waals surface area (Å²) in [6, 6.07) is 7.14. The Kier molecular flexibility index (Phi) is 13.3. The van der Waals surface area contributed by atoms with E-state index in [1.54, 1.807) is 6.92 Å². The normalized spacial score (nSPS) is 16.1. The standard InChI is InChI=1S/C28H35F3N4O4S.ClH/c1-4-39-28(38)25(16(2)3)34-20-7-5-17(6-8-20)15-33-26(37)27-35(9-10-40-27)24(36)13-19(32)11-18-12-22(30)23(31)14-21(18)29;/h5-8,12,14,16,19,25,27,34H,4,9-11,13,15,32H2,1-3H3,(H,33,37);1H/t19-,25-,27-;/m1./s1. The van der Waals surface area contributed by atoms with E-state index in [4.69, 9.17) is 10.5 Å². The molecule has 4 N–H and O–H groups in total. The average Bonchev–Trinajstić information content (AvgIpc) is 3.40. The van der Waals surface area contributed by atoms with Gasteiger partial charge in [-0.1, -0.05) is 26.0 Å². The molecule has 226 valence electrons. The highest BCUT2D eigenvalue weighted by molar-refractivity contribution is 8.00. The number of thioether (sulfide) groups is 1. The van der Waals surface area contributed by atoms with Crippen LogP contribution >= 0.6 is 24.2 Å². The van der Waals surface area contributed by atoms with Crippen molar-refractivity contribution < 1.29 is 32.3 Å². The molecule has 13 heteroatoms. The zero-order valence-electron chi connectivity index (χ0n) is 23.1. The van der Waals surface area contributed by atoms with Crippen LogP contribution in [0.2, 0.25) is 0 Å². The number of nitrogens with zero attached hydrogens (tertiary/aromatic N) is 1. The van der Waals surface area contributed by atoms with Crippen LogP contribution in [0.25, 0.3) is 0 Å². The van der Waals surface area contributed by atoms with Crippen molar-refractivity contribution in [2.24, 2.45) is 11.7 Å². The number of anilines is 1. The number of rotatable bonds is 12. The number of esters is 1. The number of benzene rings is 2. The number of amides is 2. The summed E-state index contributed by atoms with van der Waals surface area (Å²) in [7, 11) is 0. The van der Waals surface area contributed by atoms with Crippen molar-refractivity contribution in [3.63, 3.8) is 0 Å². The summed E-state index contributed by atoms with van der Waals surface area (Å²) in [6.07, 6.45) is -0.338. The third-order valence-corrected chi connectivity index (χ3v) is 7.60. The summed E-state index contributed by atoms with van der Waals surface area (Å²) in [6.45, 7) is 6.49. The van der Waals surface area contributed by atoms with Crippen LogP contribution in [0.4, 0.5) is 18.9 Å². The average molecular weight is 617 g/mol. The Morgan fingerprint density at radius 1 is 1.10 bits per heavy atom. The number of halogens is 4. The Balaban J connectivity index is 0.00000588. The molecule has 3 rings (SSSR count). The molecular formula is C28H36ClF3N4O4S. The lowest BCUT2D eigenvalue weighted by molar-refractivity contribution is -0.145. The first kappa shape index (κ1) is 34.2. The summed E-state index contributed by atoms with van der Waals surface area (Å²) in [5.74, 6) is -3.86. The zero-order chi connectivity index (χ0) is 29.4. The van der Waals surface area contributed by atoms with E-state index in [-0.39, 0.29) is 61.1 Å². The van der Waals surface area contributed by atoms with Gasteiger partial charge in [-0.25, -0.2) is 18.0 Å². The van der Waals surface area contributed by atoms with E-state index in [1.165, 1.54) is 16.7 Å². The molecule has 1 fully saturated rings. The number of carbonyl (C=O) groups is 3. The summed E-state index contributed by atoms with van der Waals surface area (Å²) >= 11 is 1.32. The van der Waals surface area contributed by atoms with E-state index >= 15 is 0 Å². The van der Waals surface area contributed by atoms with Gasteiger partial charge in [-0.15, -0.1) is 24.2 Å². The lowest BCUT2D eigenvalue weighted by atomic mass is 10.0. The first-order valence-electron chi connectivity index (χ1n) is 13.1. The van der Waals surface area contributed by atoms with Gasteiger partial charge in [0, 0.05) is 43.1 Å². The molecule has 0 aromatic heterocycles. The van der Waals surface area contributed by atoms with Gasteiger partial charge in [0.25, 0.3) is 5.91 Å². The van der Waals surface area contributed by atoms with Crippen LogP contribution < -0.4 is 16.4 Å². The minimum Gasteiger partial charge on any atom is -0.464 e. The van der Waals surface area contributed by atoms with Crippen molar-refractivity contribution in [2.75, 3.05) is 24.2 Å². The molecule has 0 bridgehead atoms. The Morgan fingerprint density at radius 2 is 1.76 bits per heavy atom. The Morgan fingerprint density at radius 3 is 2.39 bits per heavy atom. The highest BCUT2D eigenvalue weighted by Crippen LogP contribution is 2.26. The number of carbonyl (C=O) groups excluding carboxylic acids is 3. The van der Waals surface area contributed by atoms with E-state index in [9.17, 15) is 27.6 Å². The van der Waals surface area contributed by atoms with Gasteiger partial charge in [-0.05, 0) is 48.6 Å². The molecule has 2 aromatic rings. The first-order valence-corrected chi connectivity index (χ1v) is 14.1. The SMILES string of the molecule is CCOC(=O)[C@H](Nc1ccc(CNC(=O)[C@H]2SCCN2C(=O)C[C@H](N)Cc2cc(F)c(F)cc2F)cc1)C(C)C.Cl. The van der Waals surface area contributed by atoms with E-state index in [1.807, 2.05) is 38.1 Å². The van der Waals surface area contributed by atoms with Crippen LogP contribution in [0.3, 0.4) is 0 Å². The van der Waals surface area contributed by atoms with Crippen LogP contribution in [-0.4, -0.2) is 59.0 Å². The molecule has 8 nitrogen and oxygen atoms in total. The number of hydrogen-bond acceptors (Lipinski definition) is 7. The monoisotopic (exact) mass is 616 g/mol. The fraction of sp³-hybridized carbons (Fsp3) is 0.464. The second-order valence-corrected chi connectivity index (χ2v) is 11.1. The Hall–Kier alpha value is -2.96. The lowest BCUT2D eigenvalue weighted by Crippen LogP contribution is -2.46. The van der Waals surface area contributed by atoms with Gasteiger partial charge in [-0.3, -0.25) is 9.59 Å². The zero-order valence-corrected chi connectivity index (χ0v) is 24.8. The van der Waals surface area contributed by atoms with Gasteiger partial charge in [0.15, 0.2) is 17.0 Å². The molecule has 41 heavy (non-hydrogen) atoms. The molecular weight excluding hydrogens is 581 g/mol. The summed E-state index contributed by atoms with van der Waals surface area (Å²) in [5, 5.41) is 5.29. The summed E-state index contributed by atoms with van der Waals surface area (Å²) in [5.41, 5.74) is 7.46. The van der Waals surface area contributed by atoms with Gasteiger partial charge >= 0.3 is 5.97 Å². The number of hydrogen-bond donors (Lipinski definition) is 3. The van der Waals surface area contributed by atoms with Crippen molar-refractivity contribution >= 4 is 47.6 Å². The van der Waals surface area contributed by atoms with Crippen LogP contribution in [0.15, 0.2) is 36.4 Å². The molecule has 0 radical (unpaired) electrons. The second kappa shape index (κ2) is 15.9. The molecule has 0 aliphatic carbocycles. The maximum absolute atomic E-state index is 14.0.